The summed E-state index contributed by atoms with van der Waals surface area (Å²) in [5, 5.41) is 0.920. The van der Waals surface area contributed by atoms with Crippen LogP contribution in [0.15, 0.2) is 0 Å². The molecule has 20 heavy (non-hydrogen) atoms. The molecule has 4 N–H and O–H groups in total. The average molecular weight is 298 g/mol. The number of primary amides is 1. The van der Waals surface area contributed by atoms with Gasteiger partial charge in [-0.05, 0) is 26.9 Å². The molecule has 0 aliphatic carbocycles. The maximum atomic E-state index is 11.4. The number of nitrogen functional groups attached to an aromatic ring is 1. The van der Waals surface area contributed by atoms with E-state index < -0.39 is 5.91 Å². The van der Waals surface area contributed by atoms with Crippen molar-refractivity contribution in [1.82, 2.24) is 4.90 Å². The first kappa shape index (κ1) is 14.9. The highest BCUT2D eigenvalue weighted by Crippen LogP contribution is 2.46. The van der Waals surface area contributed by atoms with Crippen LogP contribution >= 0.6 is 11.3 Å². The number of nitrogens with two attached hydrogens (primary N) is 2. The van der Waals surface area contributed by atoms with E-state index in [1.54, 1.807) is 7.11 Å². The lowest BCUT2D eigenvalue weighted by atomic mass is 10.2. The average Bonchev–Trinajstić information content (AvgIpc) is 2.92. The van der Waals surface area contributed by atoms with Gasteiger partial charge in [0.1, 0.15) is 15.6 Å². The van der Waals surface area contributed by atoms with E-state index in [0.29, 0.717) is 22.4 Å². The Morgan fingerprint density at radius 3 is 2.80 bits per heavy atom. The summed E-state index contributed by atoms with van der Waals surface area (Å²) in [6, 6.07) is 0.415. The third-order valence-corrected chi connectivity index (χ3v) is 4.76. The number of likely N-dealkylation sites (N-methyl/N-ethyl adjacent to an activating group) is 1. The van der Waals surface area contributed by atoms with E-state index in [1.807, 2.05) is 0 Å². The molecule has 0 aromatic carbocycles. The highest BCUT2D eigenvalue weighted by Gasteiger charge is 2.31. The van der Waals surface area contributed by atoms with E-state index in [0.717, 1.165) is 30.9 Å². The number of hydrogen-bond donors (Lipinski definition) is 2. The Kier molecular flexibility index (Phi) is 4.39. The number of carbonyl (C=O) groups excluding carboxylic acids is 1. The van der Waals surface area contributed by atoms with Gasteiger partial charge in [0.15, 0.2) is 5.75 Å². The zero-order valence-electron chi connectivity index (χ0n) is 12.2. The van der Waals surface area contributed by atoms with Crippen molar-refractivity contribution in [2.24, 2.45) is 5.73 Å². The smallest absolute Gasteiger partial charge is 0.261 e. The van der Waals surface area contributed by atoms with Crippen molar-refractivity contribution in [3.63, 3.8) is 0 Å². The van der Waals surface area contributed by atoms with Crippen molar-refractivity contribution in [3.8, 4) is 5.75 Å². The Hall–Kier alpha value is -1.47. The summed E-state index contributed by atoms with van der Waals surface area (Å²) in [5.74, 6) is 0.0786. The Balaban J connectivity index is 2.36. The zero-order valence-corrected chi connectivity index (χ0v) is 13.0. The lowest BCUT2D eigenvalue weighted by molar-refractivity contribution is 0.100. The molecule has 1 aromatic heterocycles. The van der Waals surface area contributed by atoms with Crippen LogP contribution < -0.4 is 21.1 Å². The number of ether oxygens (including phenoxy) is 1. The van der Waals surface area contributed by atoms with Crippen molar-refractivity contribution in [3.05, 3.63) is 4.88 Å². The molecule has 2 heterocycles. The Morgan fingerprint density at radius 2 is 2.25 bits per heavy atom. The van der Waals surface area contributed by atoms with Crippen LogP contribution in [0.5, 0.6) is 5.75 Å². The van der Waals surface area contributed by atoms with Crippen LogP contribution in [-0.2, 0) is 0 Å². The van der Waals surface area contributed by atoms with Crippen molar-refractivity contribution in [2.75, 3.05) is 44.9 Å². The first-order chi connectivity index (χ1) is 9.45. The van der Waals surface area contributed by atoms with Crippen LogP contribution in [0, 0.1) is 0 Å². The fourth-order valence-electron chi connectivity index (χ4n) is 2.70. The summed E-state index contributed by atoms with van der Waals surface area (Å²) in [5.41, 5.74) is 11.7. The van der Waals surface area contributed by atoms with Gasteiger partial charge in [-0.2, -0.15) is 0 Å². The van der Waals surface area contributed by atoms with Crippen LogP contribution in [0.25, 0.3) is 0 Å². The van der Waals surface area contributed by atoms with Gasteiger partial charge in [-0.15, -0.1) is 11.3 Å². The number of nitrogens with zero attached hydrogens (tertiary/aromatic N) is 2. The summed E-state index contributed by atoms with van der Waals surface area (Å²) in [6.07, 6.45) is 2.26. The van der Waals surface area contributed by atoms with Gasteiger partial charge in [0, 0.05) is 19.1 Å². The molecule has 112 valence electrons. The molecule has 0 spiro atoms. The lowest BCUT2D eigenvalue weighted by Crippen LogP contribution is -2.37. The van der Waals surface area contributed by atoms with E-state index in [1.165, 1.54) is 11.3 Å². The van der Waals surface area contributed by atoms with Crippen molar-refractivity contribution >= 4 is 27.9 Å². The fraction of sp³-hybridized carbons (Fsp3) is 0.615. The molecule has 1 aliphatic rings. The molecule has 1 saturated heterocycles. The van der Waals surface area contributed by atoms with Gasteiger partial charge >= 0.3 is 0 Å². The normalized spacial score (nSPS) is 18.8. The van der Waals surface area contributed by atoms with Gasteiger partial charge in [0.2, 0.25) is 0 Å². The number of thiophene rings is 1. The van der Waals surface area contributed by atoms with Crippen molar-refractivity contribution < 1.29 is 9.53 Å². The number of methoxy groups -OCH3 is 1. The molecule has 0 radical (unpaired) electrons. The lowest BCUT2D eigenvalue weighted by Gasteiger charge is -2.28. The van der Waals surface area contributed by atoms with Gasteiger partial charge in [-0.1, -0.05) is 0 Å². The molecule has 6 nitrogen and oxygen atoms in total. The molecule has 1 fully saturated rings. The van der Waals surface area contributed by atoms with E-state index in [-0.39, 0.29) is 0 Å². The van der Waals surface area contributed by atoms with Crippen LogP contribution in [-0.4, -0.2) is 51.1 Å². The molecule has 1 aliphatic heterocycles. The number of rotatable bonds is 5. The van der Waals surface area contributed by atoms with E-state index >= 15 is 0 Å². The number of hydrogen-bond acceptors (Lipinski definition) is 6. The standard InChI is InChI=1S/C13H22N4O2S/c1-16(2)7-8-5-4-6-17(8)13-10(19-3)9(14)11(20-13)12(15)18/h8H,4-7,14H2,1-3H3,(H2,15,18). The summed E-state index contributed by atoms with van der Waals surface area (Å²) in [4.78, 5) is 16.3. The minimum atomic E-state index is -0.500. The van der Waals surface area contributed by atoms with Crippen LogP contribution in [0.2, 0.25) is 0 Å². The molecular weight excluding hydrogens is 276 g/mol. The monoisotopic (exact) mass is 298 g/mol. The molecule has 0 saturated carbocycles. The third kappa shape index (κ3) is 2.69. The maximum absolute atomic E-state index is 11.4. The summed E-state index contributed by atoms with van der Waals surface area (Å²) < 4.78 is 5.40. The van der Waals surface area contributed by atoms with Crippen molar-refractivity contribution in [2.45, 2.75) is 18.9 Å². The number of carbonyl (C=O) groups is 1. The zero-order chi connectivity index (χ0) is 14.9. The minimum Gasteiger partial charge on any atom is -0.492 e. The summed E-state index contributed by atoms with van der Waals surface area (Å²) >= 11 is 1.33. The second-order valence-electron chi connectivity index (χ2n) is 5.30. The Bertz CT molecular complexity index is 501. The Labute approximate surface area is 123 Å². The van der Waals surface area contributed by atoms with E-state index in [9.17, 15) is 4.79 Å². The first-order valence-corrected chi connectivity index (χ1v) is 7.44. The molecular formula is C13H22N4O2S. The maximum Gasteiger partial charge on any atom is 0.261 e. The molecule has 2 rings (SSSR count). The van der Waals surface area contributed by atoms with Gasteiger partial charge in [-0.3, -0.25) is 4.79 Å². The SMILES string of the molecule is COc1c(N2CCCC2CN(C)C)sc(C(N)=O)c1N. The molecule has 7 heteroatoms. The number of anilines is 2. The van der Waals surface area contributed by atoms with Crippen LogP contribution in [0.3, 0.4) is 0 Å². The van der Waals surface area contributed by atoms with Gasteiger partial charge < -0.3 is 26.0 Å². The van der Waals surface area contributed by atoms with E-state index in [4.69, 9.17) is 16.2 Å². The van der Waals surface area contributed by atoms with E-state index in [2.05, 4.69) is 23.9 Å². The largest absolute Gasteiger partial charge is 0.492 e. The predicted octanol–water partition coefficient (Wildman–Crippen LogP) is 0.968. The fourth-order valence-corrected chi connectivity index (χ4v) is 3.84. The van der Waals surface area contributed by atoms with Gasteiger partial charge in [0.05, 0.1) is 7.11 Å². The van der Waals surface area contributed by atoms with Crippen LogP contribution in [0.1, 0.15) is 22.5 Å². The second-order valence-corrected chi connectivity index (χ2v) is 6.30. The molecule has 1 atom stereocenters. The first-order valence-electron chi connectivity index (χ1n) is 6.63. The minimum absolute atomic E-state index is 0.357. The van der Waals surface area contributed by atoms with Gasteiger partial charge in [0.25, 0.3) is 5.91 Å². The summed E-state index contributed by atoms with van der Waals surface area (Å²) in [7, 11) is 5.69. The second kappa shape index (κ2) is 5.88. The summed E-state index contributed by atoms with van der Waals surface area (Å²) in [6.45, 7) is 1.92. The quantitative estimate of drug-likeness (QED) is 0.846. The van der Waals surface area contributed by atoms with Crippen LogP contribution in [0.4, 0.5) is 10.7 Å². The third-order valence-electron chi connectivity index (χ3n) is 3.52. The highest BCUT2D eigenvalue weighted by molar-refractivity contribution is 7.19. The topological polar surface area (TPSA) is 84.8 Å². The number of amides is 1. The molecule has 1 amide bonds. The molecule has 1 unspecified atom stereocenters. The van der Waals surface area contributed by atoms with Gasteiger partial charge in [-0.25, -0.2) is 0 Å². The highest BCUT2D eigenvalue weighted by atomic mass is 32.1. The molecule has 1 aromatic rings. The Morgan fingerprint density at radius 1 is 1.55 bits per heavy atom. The molecule has 0 bridgehead atoms. The van der Waals surface area contributed by atoms with Crippen molar-refractivity contribution in [1.29, 1.82) is 0 Å². The predicted molar refractivity (Wildman–Crippen MR) is 82.7 cm³/mol.